The summed E-state index contributed by atoms with van der Waals surface area (Å²) in [7, 11) is 1.77. The maximum atomic E-state index is 14.6. The average molecular weight is 436 g/mol. The Morgan fingerprint density at radius 1 is 1.13 bits per heavy atom. The van der Waals surface area contributed by atoms with Gasteiger partial charge in [-0.1, -0.05) is 18.2 Å². The summed E-state index contributed by atoms with van der Waals surface area (Å²) in [6.07, 6.45) is -3.26. The maximum absolute atomic E-state index is 14.6. The second-order valence-electron chi connectivity index (χ2n) is 7.94. The van der Waals surface area contributed by atoms with Crippen LogP contribution in [-0.2, 0) is 12.5 Å². The van der Waals surface area contributed by atoms with E-state index in [2.05, 4.69) is 15.0 Å². The Morgan fingerprint density at radius 2 is 1.81 bits per heavy atom. The molecular formula is C22H21F5N4. The molecule has 3 aromatic rings. The van der Waals surface area contributed by atoms with Crippen molar-refractivity contribution in [3.63, 3.8) is 0 Å². The Morgan fingerprint density at radius 3 is 2.42 bits per heavy atom. The minimum atomic E-state index is -2.94. The smallest absolute Gasteiger partial charge is 0.266 e. The average Bonchev–Trinajstić information content (AvgIpc) is 3.53. The fraction of sp³-hybridized carbons (Fsp3) is 0.409. The van der Waals surface area contributed by atoms with Crippen LogP contribution in [0.15, 0.2) is 35.5 Å². The number of pyridine rings is 1. The van der Waals surface area contributed by atoms with Crippen LogP contribution in [0.4, 0.5) is 22.0 Å². The highest BCUT2D eigenvalue weighted by atomic mass is 19.3. The van der Waals surface area contributed by atoms with E-state index >= 15 is 0 Å². The highest BCUT2D eigenvalue weighted by molar-refractivity contribution is 5.78. The fourth-order valence-corrected chi connectivity index (χ4v) is 3.76. The Bertz CT molecular complexity index is 1210. The fourth-order valence-electron chi connectivity index (χ4n) is 3.76. The van der Waals surface area contributed by atoms with Crippen molar-refractivity contribution >= 4 is 10.9 Å². The van der Waals surface area contributed by atoms with E-state index in [9.17, 15) is 22.0 Å². The molecule has 1 aromatic carbocycles. The lowest BCUT2D eigenvalue weighted by Gasteiger charge is -2.16. The van der Waals surface area contributed by atoms with Crippen LogP contribution in [0.1, 0.15) is 54.9 Å². The lowest BCUT2D eigenvalue weighted by Crippen LogP contribution is -2.22. The molecule has 0 bridgehead atoms. The molecule has 9 heteroatoms. The molecule has 0 radical (unpaired) electrons. The van der Waals surface area contributed by atoms with Crippen LogP contribution in [0.2, 0.25) is 0 Å². The van der Waals surface area contributed by atoms with Gasteiger partial charge in [0, 0.05) is 18.0 Å². The number of rotatable bonds is 5. The Kier molecular flexibility index (Phi) is 5.31. The molecule has 2 aromatic heterocycles. The van der Waals surface area contributed by atoms with Crippen molar-refractivity contribution in [1.82, 2.24) is 14.5 Å². The van der Waals surface area contributed by atoms with Gasteiger partial charge in [-0.15, -0.1) is 0 Å². The van der Waals surface area contributed by atoms with Crippen LogP contribution in [0.3, 0.4) is 0 Å². The van der Waals surface area contributed by atoms with Crippen molar-refractivity contribution in [2.24, 2.45) is 12.0 Å². The van der Waals surface area contributed by atoms with Gasteiger partial charge >= 0.3 is 0 Å². The van der Waals surface area contributed by atoms with Crippen LogP contribution in [0, 0.1) is 12.7 Å². The van der Waals surface area contributed by atoms with Crippen LogP contribution in [0.5, 0.6) is 0 Å². The van der Waals surface area contributed by atoms with E-state index < -0.39 is 35.7 Å². The molecule has 0 spiro atoms. The molecule has 2 heterocycles. The molecule has 1 aliphatic rings. The Labute approximate surface area is 175 Å². The summed E-state index contributed by atoms with van der Waals surface area (Å²) in [6.45, 7) is 3.32. The SMILES string of the molecule is Cc1nc(=NC(C)c2cccc(C(F)F)c2F)c2cc(C3(C(F)F)CC3)ncc2n1C. The third-order valence-electron chi connectivity index (χ3n) is 6.01. The first kappa shape index (κ1) is 21.4. The number of benzene rings is 1. The van der Waals surface area contributed by atoms with E-state index in [1.807, 2.05) is 0 Å². The van der Waals surface area contributed by atoms with Crippen LogP contribution in [0.25, 0.3) is 10.9 Å². The number of halogens is 5. The standard InChI is InChI=1S/C22H21F5N4/c1-11(13-5-4-6-14(18(13)23)19(24)25)29-20-15-9-17(22(7-8-22)21(26)27)28-10-16(15)31(3)12(2)30-20/h4-6,9-11,19,21H,7-8H2,1-3H3. The van der Waals surface area contributed by atoms with E-state index in [1.165, 1.54) is 18.3 Å². The van der Waals surface area contributed by atoms with E-state index in [4.69, 9.17) is 0 Å². The molecule has 0 aliphatic heterocycles. The molecule has 1 atom stereocenters. The van der Waals surface area contributed by atoms with Crippen LogP contribution >= 0.6 is 0 Å². The number of aryl methyl sites for hydroxylation is 2. The van der Waals surface area contributed by atoms with Crippen molar-refractivity contribution in [2.45, 2.75) is 51.0 Å². The zero-order valence-electron chi connectivity index (χ0n) is 17.2. The van der Waals surface area contributed by atoms with E-state index in [0.717, 1.165) is 6.07 Å². The Balaban J connectivity index is 1.90. The summed E-state index contributed by atoms with van der Waals surface area (Å²) in [5.41, 5.74) is -0.789. The molecule has 0 saturated heterocycles. The second kappa shape index (κ2) is 7.69. The number of aromatic nitrogens is 3. The molecule has 0 amide bonds. The van der Waals surface area contributed by atoms with Gasteiger partial charge < -0.3 is 4.57 Å². The zero-order chi connectivity index (χ0) is 22.5. The van der Waals surface area contributed by atoms with Crippen LogP contribution < -0.4 is 5.49 Å². The second-order valence-corrected chi connectivity index (χ2v) is 7.94. The molecule has 4 rings (SSSR count). The predicted octanol–water partition coefficient (Wildman–Crippen LogP) is 5.31. The van der Waals surface area contributed by atoms with Gasteiger partial charge in [-0.3, -0.25) is 9.98 Å². The van der Waals surface area contributed by atoms with Gasteiger partial charge in [-0.25, -0.2) is 26.9 Å². The minimum absolute atomic E-state index is 0.0131. The summed E-state index contributed by atoms with van der Waals surface area (Å²) >= 11 is 0. The third-order valence-corrected chi connectivity index (χ3v) is 6.01. The first-order valence-electron chi connectivity index (χ1n) is 9.88. The highest BCUT2D eigenvalue weighted by Crippen LogP contribution is 2.52. The van der Waals surface area contributed by atoms with Crippen molar-refractivity contribution < 1.29 is 22.0 Å². The van der Waals surface area contributed by atoms with E-state index in [1.54, 1.807) is 31.5 Å². The van der Waals surface area contributed by atoms with Crippen molar-refractivity contribution in [1.29, 1.82) is 0 Å². The molecule has 1 saturated carbocycles. The summed E-state index contributed by atoms with van der Waals surface area (Å²) in [6, 6.07) is 4.54. The minimum Gasteiger partial charge on any atom is -0.331 e. The molecule has 1 aliphatic carbocycles. The van der Waals surface area contributed by atoms with Crippen molar-refractivity contribution in [3.05, 3.63) is 64.4 Å². The molecule has 0 N–H and O–H groups in total. The number of hydrogen-bond donors (Lipinski definition) is 0. The van der Waals surface area contributed by atoms with Gasteiger partial charge in [-0.05, 0) is 32.8 Å². The summed E-state index contributed by atoms with van der Waals surface area (Å²) in [5.74, 6) is -0.418. The normalized spacial score (nSPS) is 17.0. The van der Waals surface area contributed by atoms with Gasteiger partial charge in [-0.2, -0.15) is 0 Å². The third kappa shape index (κ3) is 3.59. The van der Waals surface area contributed by atoms with Crippen molar-refractivity contribution in [3.8, 4) is 0 Å². The lowest BCUT2D eigenvalue weighted by atomic mass is 10.0. The van der Waals surface area contributed by atoms with Gasteiger partial charge in [0.15, 0.2) is 5.49 Å². The van der Waals surface area contributed by atoms with E-state index in [0.29, 0.717) is 29.6 Å². The van der Waals surface area contributed by atoms with Gasteiger partial charge in [0.1, 0.15) is 11.6 Å². The van der Waals surface area contributed by atoms with Gasteiger partial charge in [0.05, 0.1) is 34.4 Å². The first-order valence-corrected chi connectivity index (χ1v) is 9.88. The van der Waals surface area contributed by atoms with Gasteiger partial charge in [0.25, 0.3) is 6.43 Å². The summed E-state index contributed by atoms with van der Waals surface area (Å²) in [5, 5.41) is 0.502. The van der Waals surface area contributed by atoms with Gasteiger partial charge in [0.2, 0.25) is 6.43 Å². The number of nitrogens with zero attached hydrogens (tertiary/aromatic N) is 4. The predicted molar refractivity (Wildman–Crippen MR) is 105 cm³/mol. The molecular weight excluding hydrogens is 415 g/mol. The maximum Gasteiger partial charge on any atom is 0.266 e. The van der Waals surface area contributed by atoms with Crippen molar-refractivity contribution in [2.75, 3.05) is 0 Å². The molecule has 4 nitrogen and oxygen atoms in total. The topological polar surface area (TPSA) is 43.1 Å². The summed E-state index contributed by atoms with van der Waals surface area (Å²) < 4.78 is 69.7. The molecule has 1 fully saturated rings. The highest BCUT2D eigenvalue weighted by Gasteiger charge is 2.53. The number of fused-ring (bicyclic) bond motifs is 1. The number of alkyl halides is 4. The number of hydrogen-bond acceptors (Lipinski definition) is 3. The van der Waals surface area contributed by atoms with Crippen LogP contribution in [-0.4, -0.2) is 21.0 Å². The monoisotopic (exact) mass is 436 g/mol. The first-order chi connectivity index (χ1) is 14.7. The van der Waals surface area contributed by atoms with E-state index in [-0.39, 0.29) is 16.7 Å². The largest absolute Gasteiger partial charge is 0.331 e. The molecule has 164 valence electrons. The molecule has 1 unspecified atom stereocenters. The lowest BCUT2D eigenvalue weighted by molar-refractivity contribution is 0.0999. The quantitative estimate of drug-likeness (QED) is 0.509. The Hall–Kier alpha value is -2.84. The molecule has 31 heavy (non-hydrogen) atoms. The zero-order valence-corrected chi connectivity index (χ0v) is 17.2. The summed E-state index contributed by atoms with van der Waals surface area (Å²) in [4.78, 5) is 13.2.